The standard InChI is InChI=1S/C22H28N6O6/c1-14(2)19(31)24-16-7-5-15(6-8-16)20(32)25-26-12-9-18(30)27-11-3-4-17(28(27)22(26)34)21(33)23-10-13-29/h5-8,13-14,17H,3-4,9-12H2,1-2H3,(H,23,33)(H,24,31)(H,25,32). The molecule has 2 fully saturated rings. The Morgan fingerprint density at radius 1 is 1.12 bits per heavy atom. The van der Waals surface area contributed by atoms with Crippen LogP contribution in [0.1, 0.15) is 43.5 Å². The minimum Gasteiger partial charge on any atom is -0.347 e. The van der Waals surface area contributed by atoms with Gasteiger partial charge in [-0.05, 0) is 37.1 Å². The van der Waals surface area contributed by atoms with Gasteiger partial charge in [-0.2, -0.15) is 0 Å². The van der Waals surface area contributed by atoms with Crippen molar-refractivity contribution in [3.63, 3.8) is 0 Å². The summed E-state index contributed by atoms with van der Waals surface area (Å²) in [5.41, 5.74) is 3.27. The fraction of sp³-hybridized carbons (Fsp3) is 0.455. The van der Waals surface area contributed by atoms with E-state index in [2.05, 4.69) is 16.1 Å². The fourth-order valence-electron chi connectivity index (χ4n) is 3.65. The highest BCUT2D eigenvalue weighted by molar-refractivity contribution is 5.98. The van der Waals surface area contributed by atoms with Crippen LogP contribution in [0, 0.1) is 5.92 Å². The molecule has 12 nitrogen and oxygen atoms in total. The fourth-order valence-corrected chi connectivity index (χ4v) is 3.65. The number of amides is 6. The number of urea groups is 1. The molecular weight excluding hydrogens is 444 g/mol. The molecular formula is C22H28N6O6. The summed E-state index contributed by atoms with van der Waals surface area (Å²) in [5, 5.41) is 8.45. The van der Waals surface area contributed by atoms with Crippen molar-refractivity contribution in [1.82, 2.24) is 25.8 Å². The summed E-state index contributed by atoms with van der Waals surface area (Å²) < 4.78 is 0. The van der Waals surface area contributed by atoms with Crippen molar-refractivity contribution in [2.24, 2.45) is 5.92 Å². The van der Waals surface area contributed by atoms with Crippen molar-refractivity contribution in [3.8, 4) is 0 Å². The lowest BCUT2D eigenvalue weighted by Gasteiger charge is -2.42. The molecule has 0 aromatic heterocycles. The normalized spacial score (nSPS) is 18.2. The second-order valence-corrected chi connectivity index (χ2v) is 8.28. The van der Waals surface area contributed by atoms with Gasteiger partial charge in [-0.25, -0.2) is 19.8 Å². The van der Waals surface area contributed by atoms with Crippen LogP contribution in [0.15, 0.2) is 24.3 Å². The molecule has 2 saturated heterocycles. The molecule has 6 amide bonds. The molecule has 3 rings (SSSR count). The number of fused-ring (bicyclic) bond motifs is 1. The van der Waals surface area contributed by atoms with Crippen LogP contribution < -0.4 is 16.1 Å². The van der Waals surface area contributed by atoms with Gasteiger partial charge in [0.15, 0.2) is 0 Å². The summed E-state index contributed by atoms with van der Waals surface area (Å²) in [7, 11) is 0. The van der Waals surface area contributed by atoms with Gasteiger partial charge in [0.1, 0.15) is 12.3 Å². The van der Waals surface area contributed by atoms with E-state index < -0.39 is 23.9 Å². The van der Waals surface area contributed by atoms with Crippen molar-refractivity contribution in [2.75, 3.05) is 25.0 Å². The van der Waals surface area contributed by atoms with Gasteiger partial charge in [0.2, 0.25) is 17.7 Å². The number of anilines is 1. The lowest BCUT2D eigenvalue weighted by Crippen LogP contribution is -2.64. The van der Waals surface area contributed by atoms with Gasteiger partial charge in [0.25, 0.3) is 5.91 Å². The summed E-state index contributed by atoms with van der Waals surface area (Å²) in [6.45, 7) is 3.52. The zero-order valence-electron chi connectivity index (χ0n) is 19.1. The Morgan fingerprint density at radius 3 is 2.47 bits per heavy atom. The average Bonchev–Trinajstić information content (AvgIpc) is 2.94. The van der Waals surface area contributed by atoms with Gasteiger partial charge in [-0.1, -0.05) is 13.8 Å². The summed E-state index contributed by atoms with van der Waals surface area (Å²) in [6.07, 6.45) is 1.32. The van der Waals surface area contributed by atoms with Crippen LogP contribution in [-0.2, 0) is 19.2 Å². The van der Waals surface area contributed by atoms with Crippen LogP contribution in [0.4, 0.5) is 10.5 Å². The second-order valence-electron chi connectivity index (χ2n) is 8.28. The topological polar surface area (TPSA) is 148 Å². The zero-order valence-corrected chi connectivity index (χ0v) is 19.1. The third-order valence-corrected chi connectivity index (χ3v) is 5.50. The third kappa shape index (κ3) is 5.50. The Hall–Kier alpha value is -3.96. The van der Waals surface area contributed by atoms with Crippen LogP contribution in [0.2, 0.25) is 0 Å². The molecule has 3 N–H and O–H groups in total. The van der Waals surface area contributed by atoms with E-state index in [0.717, 1.165) is 10.0 Å². The predicted molar refractivity (Wildman–Crippen MR) is 120 cm³/mol. The monoisotopic (exact) mass is 472 g/mol. The maximum atomic E-state index is 13.3. The van der Waals surface area contributed by atoms with E-state index in [-0.39, 0.29) is 49.4 Å². The Kier molecular flexibility index (Phi) is 7.82. The molecule has 2 aliphatic heterocycles. The van der Waals surface area contributed by atoms with E-state index in [9.17, 15) is 28.8 Å². The molecule has 1 aromatic carbocycles. The summed E-state index contributed by atoms with van der Waals surface area (Å²) in [6, 6.07) is 4.45. The predicted octanol–water partition coefficient (Wildman–Crippen LogP) is 0.275. The number of nitrogens with zero attached hydrogens (tertiary/aromatic N) is 3. The van der Waals surface area contributed by atoms with Crippen LogP contribution >= 0.6 is 0 Å². The number of carbonyl (C=O) groups excluding carboxylic acids is 6. The number of hydrogen-bond acceptors (Lipinski definition) is 6. The number of nitrogens with one attached hydrogen (secondary N) is 3. The van der Waals surface area contributed by atoms with Gasteiger partial charge in [-0.3, -0.25) is 24.6 Å². The number of carbonyl (C=O) groups is 6. The first-order valence-corrected chi connectivity index (χ1v) is 11.1. The van der Waals surface area contributed by atoms with Crippen molar-refractivity contribution in [2.45, 2.75) is 39.2 Å². The molecule has 2 aliphatic rings. The maximum absolute atomic E-state index is 13.3. The largest absolute Gasteiger partial charge is 0.358 e. The minimum atomic E-state index is -0.980. The Morgan fingerprint density at radius 2 is 1.82 bits per heavy atom. The molecule has 0 spiro atoms. The van der Waals surface area contributed by atoms with Crippen molar-refractivity contribution in [1.29, 1.82) is 0 Å². The Balaban J connectivity index is 1.74. The zero-order chi connectivity index (χ0) is 24.8. The van der Waals surface area contributed by atoms with E-state index >= 15 is 0 Å². The molecule has 34 heavy (non-hydrogen) atoms. The molecule has 1 atom stereocenters. The molecule has 0 saturated carbocycles. The molecule has 12 heteroatoms. The molecule has 182 valence electrons. The molecule has 2 heterocycles. The maximum Gasteiger partial charge on any atom is 0.358 e. The van der Waals surface area contributed by atoms with Gasteiger partial charge in [-0.15, -0.1) is 0 Å². The molecule has 0 bridgehead atoms. The molecule has 0 aliphatic carbocycles. The number of rotatable bonds is 7. The quantitative estimate of drug-likeness (QED) is 0.485. The van der Waals surface area contributed by atoms with Gasteiger partial charge in [0, 0.05) is 30.1 Å². The number of hydrazine groups is 2. The van der Waals surface area contributed by atoms with Crippen molar-refractivity contribution < 1.29 is 28.8 Å². The van der Waals surface area contributed by atoms with E-state index in [1.165, 1.54) is 17.1 Å². The lowest BCUT2D eigenvalue weighted by atomic mass is 10.1. The van der Waals surface area contributed by atoms with Crippen molar-refractivity contribution in [3.05, 3.63) is 29.8 Å². The molecule has 1 unspecified atom stereocenters. The SMILES string of the molecule is CC(C)C(=O)Nc1ccc(C(=O)NN2CCC(=O)N3CCCC(C(=O)NCC=O)N3C2=O)cc1. The first-order valence-electron chi connectivity index (χ1n) is 11.1. The Bertz CT molecular complexity index is 979. The highest BCUT2D eigenvalue weighted by atomic mass is 16.2. The summed E-state index contributed by atoms with van der Waals surface area (Å²) in [5.74, 6) is -1.84. The second kappa shape index (κ2) is 10.8. The number of hydrogen-bond donors (Lipinski definition) is 3. The average molecular weight is 473 g/mol. The van der Waals surface area contributed by atoms with Crippen molar-refractivity contribution >= 4 is 41.6 Å². The van der Waals surface area contributed by atoms with E-state index in [1.807, 2.05) is 0 Å². The summed E-state index contributed by atoms with van der Waals surface area (Å²) >= 11 is 0. The minimum absolute atomic E-state index is 0.0363. The molecule has 0 radical (unpaired) electrons. The van der Waals surface area contributed by atoms with E-state index in [4.69, 9.17) is 0 Å². The van der Waals surface area contributed by atoms with Gasteiger partial charge in [0.05, 0.1) is 13.1 Å². The molecule has 1 aromatic rings. The number of benzene rings is 1. The lowest BCUT2D eigenvalue weighted by molar-refractivity contribution is -0.155. The van der Waals surface area contributed by atoms with E-state index in [1.54, 1.807) is 26.0 Å². The highest BCUT2D eigenvalue weighted by Gasteiger charge is 2.43. The van der Waals surface area contributed by atoms with Gasteiger partial charge < -0.3 is 15.4 Å². The van der Waals surface area contributed by atoms with Crippen LogP contribution in [0.25, 0.3) is 0 Å². The van der Waals surface area contributed by atoms with Crippen LogP contribution in [0.5, 0.6) is 0 Å². The smallest absolute Gasteiger partial charge is 0.347 e. The summed E-state index contributed by atoms with van der Waals surface area (Å²) in [4.78, 5) is 73.7. The number of aldehydes is 1. The highest BCUT2D eigenvalue weighted by Crippen LogP contribution is 2.23. The Labute approximate surface area is 196 Å². The van der Waals surface area contributed by atoms with Crippen LogP contribution in [0.3, 0.4) is 0 Å². The van der Waals surface area contributed by atoms with Crippen LogP contribution in [-0.4, -0.2) is 76.6 Å². The van der Waals surface area contributed by atoms with E-state index in [0.29, 0.717) is 24.8 Å². The van der Waals surface area contributed by atoms with Gasteiger partial charge >= 0.3 is 6.03 Å². The third-order valence-electron chi connectivity index (χ3n) is 5.50. The first kappa shape index (κ1) is 24.7. The first-order chi connectivity index (χ1) is 16.2.